The molecule has 0 spiro atoms. The maximum Gasteiger partial charge on any atom is 0.341 e. The second-order valence-corrected chi connectivity index (χ2v) is 9.01. The van der Waals surface area contributed by atoms with E-state index in [1.165, 1.54) is 12.8 Å². The van der Waals surface area contributed by atoms with E-state index in [-0.39, 0.29) is 18.4 Å². The molecule has 158 valence electrons. The van der Waals surface area contributed by atoms with Crippen molar-refractivity contribution in [3.05, 3.63) is 29.3 Å². The van der Waals surface area contributed by atoms with E-state index in [2.05, 4.69) is 11.6 Å². The standard InChI is InChI=1S/C20H31NO6S/c1-2-3-4-5-6-7-12-28(24,25)21-14-19-18-9-8-17(27-15-20(22)23)13-16(18)10-11-26-19/h8-9,13,19,21H,2-7,10-12,14-15H2,1H3,(H,22,23). The molecule has 2 rings (SSSR count). The summed E-state index contributed by atoms with van der Waals surface area (Å²) in [5, 5.41) is 8.71. The first-order valence-electron chi connectivity index (χ1n) is 9.97. The summed E-state index contributed by atoms with van der Waals surface area (Å²) in [6.07, 6.45) is 6.55. The number of aliphatic carboxylic acids is 1. The Kier molecular flexibility index (Phi) is 9.21. The van der Waals surface area contributed by atoms with Crippen molar-refractivity contribution in [1.29, 1.82) is 0 Å². The average molecular weight is 414 g/mol. The van der Waals surface area contributed by atoms with Crippen LogP contribution in [0.2, 0.25) is 0 Å². The molecule has 1 aliphatic rings. The lowest BCUT2D eigenvalue weighted by Gasteiger charge is -2.26. The van der Waals surface area contributed by atoms with Gasteiger partial charge in [-0.1, -0.05) is 45.1 Å². The molecule has 2 N–H and O–H groups in total. The highest BCUT2D eigenvalue weighted by atomic mass is 32.2. The number of hydrogen-bond donors (Lipinski definition) is 2. The molecule has 0 saturated carbocycles. The molecule has 8 heteroatoms. The molecule has 0 radical (unpaired) electrons. The van der Waals surface area contributed by atoms with Crippen LogP contribution in [-0.2, 0) is 26.0 Å². The van der Waals surface area contributed by atoms with E-state index in [4.69, 9.17) is 14.6 Å². The van der Waals surface area contributed by atoms with Crippen molar-refractivity contribution in [2.45, 2.75) is 58.0 Å². The van der Waals surface area contributed by atoms with Crippen molar-refractivity contribution < 1.29 is 27.8 Å². The molecule has 28 heavy (non-hydrogen) atoms. The fourth-order valence-corrected chi connectivity index (χ4v) is 4.40. The van der Waals surface area contributed by atoms with E-state index in [9.17, 15) is 13.2 Å². The van der Waals surface area contributed by atoms with E-state index in [0.29, 0.717) is 25.2 Å². The third-order valence-electron chi connectivity index (χ3n) is 4.77. The van der Waals surface area contributed by atoms with Gasteiger partial charge in [0.05, 0.1) is 18.5 Å². The predicted octanol–water partition coefficient (Wildman–Crippen LogP) is 3.04. The number of nitrogens with one attached hydrogen (secondary N) is 1. The number of hydrogen-bond acceptors (Lipinski definition) is 5. The zero-order valence-corrected chi connectivity index (χ0v) is 17.3. The largest absolute Gasteiger partial charge is 0.482 e. The molecule has 0 fully saturated rings. The summed E-state index contributed by atoms with van der Waals surface area (Å²) in [5.74, 6) is -0.398. The molecular weight excluding hydrogens is 382 g/mol. The lowest BCUT2D eigenvalue weighted by atomic mass is 9.97. The number of fused-ring (bicyclic) bond motifs is 1. The van der Waals surface area contributed by atoms with Crippen molar-refractivity contribution in [1.82, 2.24) is 4.72 Å². The van der Waals surface area contributed by atoms with Gasteiger partial charge in [0.25, 0.3) is 0 Å². The van der Waals surface area contributed by atoms with Gasteiger partial charge in [0.1, 0.15) is 5.75 Å². The Morgan fingerprint density at radius 3 is 2.75 bits per heavy atom. The number of benzene rings is 1. The first-order chi connectivity index (χ1) is 13.4. The fraction of sp³-hybridized carbons (Fsp3) is 0.650. The molecule has 1 atom stereocenters. The summed E-state index contributed by atoms with van der Waals surface area (Å²) >= 11 is 0. The van der Waals surface area contributed by atoms with Crippen LogP contribution in [0, 0.1) is 0 Å². The van der Waals surface area contributed by atoms with Crippen molar-refractivity contribution in [3.63, 3.8) is 0 Å². The van der Waals surface area contributed by atoms with Gasteiger partial charge in [-0.3, -0.25) is 0 Å². The Balaban J connectivity index is 1.84. The van der Waals surface area contributed by atoms with Crippen LogP contribution in [0.5, 0.6) is 5.75 Å². The van der Waals surface area contributed by atoms with E-state index in [1.807, 2.05) is 6.07 Å². The summed E-state index contributed by atoms with van der Waals surface area (Å²) in [6.45, 7) is 2.44. The molecule has 0 amide bonds. The van der Waals surface area contributed by atoms with Crippen LogP contribution in [-0.4, -0.2) is 45.0 Å². The van der Waals surface area contributed by atoms with Crippen LogP contribution in [0.3, 0.4) is 0 Å². The zero-order chi connectivity index (χ0) is 20.4. The first kappa shape index (κ1) is 22.6. The Morgan fingerprint density at radius 1 is 1.25 bits per heavy atom. The fourth-order valence-electron chi connectivity index (χ4n) is 3.26. The number of sulfonamides is 1. The molecule has 0 aromatic heterocycles. The van der Waals surface area contributed by atoms with Crippen LogP contribution in [0.1, 0.15) is 62.7 Å². The average Bonchev–Trinajstić information content (AvgIpc) is 2.67. The third kappa shape index (κ3) is 7.77. The highest BCUT2D eigenvalue weighted by Gasteiger charge is 2.23. The molecule has 1 aromatic carbocycles. The first-order valence-corrected chi connectivity index (χ1v) is 11.6. The molecule has 1 heterocycles. The van der Waals surface area contributed by atoms with E-state index >= 15 is 0 Å². The van der Waals surface area contributed by atoms with Gasteiger partial charge in [-0.15, -0.1) is 0 Å². The minimum absolute atomic E-state index is 0.140. The molecule has 7 nitrogen and oxygen atoms in total. The molecule has 1 unspecified atom stereocenters. The summed E-state index contributed by atoms with van der Waals surface area (Å²) in [4.78, 5) is 10.6. The van der Waals surface area contributed by atoms with E-state index in [0.717, 1.165) is 30.4 Å². The quantitative estimate of drug-likeness (QED) is 0.482. The molecule has 0 bridgehead atoms. The van der Waals surface area contributed by atoms with Crippen molar-refractivity contribution in [3.8, 4) is 5.75 Å². The summed E-state index contributed by atoms with van der Waals surface area (Å²) in [7, 11) is -3.32. The van der Waals surface area contributed by atoms with Crippen molar-refractivity contribution in [2.24, 2.45) is 0 Å². The van der Waals surface area contributed by atoms with Gasteiger partial charge in [0.2, 0.25) is 10.0 Å². The van der Waals surface area contributed by atoms with Gasteiger partial charge >= 0.3 is 5.97 Å². The Labute approximate surface area is 167 Å². The lowest BCUT2D eigenvalue weighted by molar-refractivity contribution is -0.139. The smallest absolute Gasteiger partial charge is 0.341 e. The van der Waals surface area contributed by atoms with E-state index < -0.39 is 22.6 Å². The summed E-state index contributed by atoms with van der Waals surface area (Å²) in [6, 6.07) is 5.31. The maximum atomic E-state index is 12.2. The minimum atomic E-state index is -3.32. The Bertz CT molecular complexity index is 734. The highest BCUT2D eigenvalue weighted by Crippen LogP contribution is 2.29. The number of carboxylic acids is 1. The number of carboxylic acid groups (broad SMARTS) is 1. The maximum absolute atomic E-state index is 12.2. The highest BCUT2D eigenvalue weighted by molar-refractivity contribution is 7.89. The molecule has 1 aliphatic heterocycles. The van der Waals surface area contributed by atoms with Crippen molar-refractivity contribution >= 4 is 16.0 Å². The SMILES string of the molecule is CCCCCCCCS(=O)(=O)NCC1OCCc2cc(OCC(=O)O)ccc21. The number of carbonyl (C=O) groups is 1. The van der Waals surface area contributed by atoms with Crippen LogP contribution >= 0.6 is 0 Å². The van der Waals surface area contributed by atoms with Gasteiger partial charge in [0.15, 0.2) is 6.61 Å². The Morgan fingerprint density at radius 2 is 2.00 bits per heavy atom. The minimum Gasteiger partial charge on any atom is -0.482 e. The number of ether oxygens (including phenoxy) is 2. The molecule has 0 saturated heterocycles. The number of rotatable bonds is 13. The topological polar surface area (TPSA) is 102 Å². The second-order valence-electron chi connectivity index (χ2n) is 7.09. The van der Waals surface area contributed by atoms with Crippen LogP contribution in [0.15, 0.2) is 18.2 Å². The molecule has 0 aliphatic carbocycles. The van der Waals surface area contributed by atoms with Crippen molar-refractivity contribution in [2.75, 3.05) is 25.5 Å². The molecule has 1 aromatic rings. The monoisotopic (exact) mass is 413 g/mol. The second kappa shape index (κ2) is 11.4. The van der Waals surface area contributed by atoms with Crippen LogP contribution in [0.4, 0.5) is 0 Å². The third-order valence-corrected chi connectivity index (χ3v) is 6.20. The lowest BCUT2D eigenvalue weighted by Crippen LogP contribution is -2.33. The molecular formula is C20H31NO6S. The van der Waals surface area contributed by atoms with Gasteiger partial charge in [-0.25, -0.2) is 17.9 Å². The van der Waals surface area contributed by atoms with Gasteiger partial charge in [0, 0.05) is 6.54 Å². The van der Waals surface area contributed by atoms with Crippen LogP contribution < -0.4 is 9.46 Å². The normalized spacial score (nSPS) is 16.5. The summed E-state index contributed by atoms with van der Waals surface area (Å²) < 4.78 is 38.1. The van der Waals surface area contributed by atoms with E-state index in [1.54, 1.807) is 12.1 Å². The summed E-state index contributed by atoms with van der Waals surface area (Å²) in [5.41, 5.74) is 1.91. The Hall–Kier alpha value is -1.64. The zero-order valence-electron chi connectivity index (χ0n) is 16.5. The number of unbranched alkanes of at least 4 members (excludes halogenated alkanes) is 5. The van der Waals surface area contributed by atoms with Gasteiger partial charge in [-0.2, -0.15) is 0 Å². The predicted molar refractivity (Wildman–Crippen MR) is 107 cm³/mol. The van der Waals surface area contributed by atoms with Gasteiger partial charge < -0.3 is 14.6 Å². The van der Waals surface area contributed by atoms with Gasteiger partial charge in [-0.05, 0) is 36.1 Å². The van der Waals surface area contributed by atoms with Crippen LogP contribution in [0.25, 0.3) is 0 Å².